The van der Waals surface area contributed by atoms with Crippen LogP contribution in [0.5, 0.6) is 5.75 Å². The zero-order valence-electron chi connectivity index (χ0n) is 16.0. The molecule has 0 aliphatic carbocycles. The number of anilines is 2. The molecule has 1 aliphatic heterocycles. The van der Waals surface area contributed by atoms with Gasteiger partial charge in [0, 0.05) is 62.4 Å². The topological polar surface area (TPSA) is 74.5 Å². The first-order valence-electron chi connectivity index (χ1n) is 9.32. The van der Waals surface area contributed by atoms with Crippen molar-refractivity contribution in [2.75, 3.05) is 29.4 Å². The maximum absolute atomic E-state index is 12.5. The van der Waals surface area contributed by atoms with Crippen molar-refractivity contribution in [1.29, 1.82) is 0 Å². The van der Waals surface area contributed by atoms with Crippen LogP contribution in [0.2, 0.25) is 0 Å². The molecule has 0 amide bonds. The molecule has 1 N–H and O–H groups in total. The Morgan fingerprint density at radius 3 is 2.46 bits per heavy atom. The van der Waals surface area contributed by atoms with Crippen LogP contribution < -0.4 is 15.4 Å². The fourth-order valence-electron chi connectivity index (χ4n) is 3.61. The van der Waals surface area contributed by atoms with E-state index in [2.05, 4.69) is 21.7 Å². The first-order chi connectivity index (χ1) is 13.5. The van der Waals surface area contributed by atoms with Crippen LogP contribution in [0.3, 0.4) is 0 Å². The number of hydrogen-bond acceptors (Lipinski definition) is 6. The highest BCUT2D eigenvalue weighted by molar-refractivity contribution is 5.60. The molecule has 0 radical (unpaired) electrons. The predicted molar refractivity (Wildman–Crippen MR) is 110 cm³/mol. The van der Waals surface area contributed by atoms with Crippen LogP contribution in [0.15, 0.2) is 59.7 Å². The molecule has 0 spiro atoms. The number of pyridine rings is 1. The lowest BCUT2D eigenvalue weighted by atomic mass is 10.1. The lowest BCUT2D eigenvalue weighted by molar-refractivity contribution is 0.475. The molecule has 1 unspecified atom stereocenters. The Kier molecular flexibility index (Phi) is 4.73. The van der Waals surface area contributed by atoms with Crippen LogP contribution in [-0.4, -0.2) is 45.3 Å². The van der Waals surface area contributed by atoms with Crippen LogP contribution in [0.25, 0.3) is 11.3 Å². The van der Waals surface area contributed by atoms with Gasteiger partial charge in [0.15, 0.2) is 0 Å². The molecule has 1 aromatic carbocycles. The molecule has 4 rings (SSSR count). The van der Waals surface area contributed by atoms with Gasteiger partial charge in [-0.3, -0.25) is 14.3 Å². The minimum Gasteiger partial charge on any atom is -0.508 e. The maximum atomic E-state index is 12.5. The highest BCUT2D eigenvalue weighted by atomic mass is 16.3. The van der Waals surface area contributed by atoms with Crippen molar-refractivity contribution in [2.45, 2.75) is 13.0 Å². The SMILES string of the molecule is CC1CN(c2ccc(O)cc2)CCN1c1nc(-c2ccncc2)cc(=O)n1C. The Balaban J connectivity index is 1.62. The van der Waals surface area contributed by atoms with Gasteiger partial charge in [0.05, 0.1) is 5.69 Å². The van der Waals surface area contributed by atoms with E-state index in [1.54, 1.807) is 42.2 Å². The van der Waals surface area contributed by atoms with Crippen molar-refractivity contribution >= 4 is 11.6 Å². The number of phenolic OH excluding ortho intramolecular Hbond substituents is 1. The molecule has 1 aliphatic rings. The maximum Gasteiger partial charge on any atom is 0.255 e. The smallest absolute Gasteiger partial charge is 0.255 e. The number of benzene rings is 1. The fourth-order valence-corrected chi connectivity index (χ4v) is 3.61. The van der Waals surface area contributed by atoms with Gasteiger partial charge < -0.3 is 14.9 Å². The summed E-state index contributed by atoms with van der Waals surface area (Å²) in [6.45, 7) is 4.50. The average Bonchev–Trinajstić information content (AvgIpc) is 2.71. The summed E-state index contributed by atoms with van der Waals surface area (Å²) in [5.41, 5.74) is 2.54. The van der Waals surface area contributed by atoms with Crippen LogP contribution in [0.1, 0.15) is 6.92 Å². The molecule has 1 saturated heterocycles. The largest absolute Gasteiger partial charge is 0.508 e. The normalized spacial score (nSPS) is 17.0. The number of aromatic nitrogens is 3. The predicted octanol–water partition coefficient (Wildman–Crippen LogP) is 2.26. The molecule has 7 nitrogen and oxygen atoms in total. The number of piperazine rings is 1. The second-order valence-electron chi connectivity index (χ2n) is 7.08. The summed E-state index contributed by atoms with van der Waals surface area (Å²) in [5.74, 6) is 0.944. The van der Waals surface area contributed by atoms with Crippen LogP contribution in [0.4, 0.5) is 11.6 Å². The highest BCUT2D eigenvalue weighted by Gasteiger charge is 2.27. The monoisotopic (exact) mass is 377 g/mol. The van der Waals surface area contributed by atoms with Crippen molar-refractivity contribution in [3.63, 3.8) is 0 Å². The van der Waals surface area contributed by atoms with Gasteiger partial charge in [-0.2, -0.15) is 0 Å². The Bertz CT molecular complexity index is 1020. The third-order valence-corrected chi connectivity index (χ3v) is 5.19. The molecular formula is C21H23N5O2. The van der Waals surface area contributed by atoms with Crippen molar-refractivity contribution in [3.8, 4) is 17.0 Å². The molecule has 1 fully saturated rings. The third-order valence-electron chi connectivity index (χ3n) is 5.19. The van der Waals surface area contributed by atoms with E-state index in [0.717, 1.165) is 30.9 Å². The second-order valence-corrected chi connectivity index (χ2v) is 7.08. The van der Waals surface area contributed by atoms with E-state index < -0.39 is 0 Å². The van der Waals surface area contributed by atoms with Crippen molar-refractivity contribution in [3.05, 3.63) is 65.2 Å². The van der Waals surface area contributed by atoms with E-state index in [-0.39, 0.29) is 17.4 Å². The zero-order chi connectivity index (χ0) is 19.7. The Hall–Kier alpha value is -3.35. The van der Waals surface area contributed by atoms with Crippen molar-refractivity contribution < 1.29 is 5.11 Å². The summed E-state index contributed by atoms with van der Waals surface area (Å²) < 4.78 is 1.61. The first-order valence-corrected chi connectivity index (χ1v) is 9.32. The molecule has 3 heterocycles. The van der Waals surface area contributed by atoms with E-state index >= 15 is 0 Å². The van der Waals surface area contributed by atoms with Gasteiger partial charge >= 0.3 is 0 Å². The number of phenols is 1. The number of hydrogen-bond donors (Lipinski definition) is 1. The van der Waals surface area contributed by atoms with E-state index in [1.165, 1.54) is 0 Å². The fraction of sp³-hybridized carbons (Fsp3) is 0.286. The third kappa shape index (κ3) is 3.43. The summed E-state index contributed by atoms with van der Waals surface area (Å²) in [7, 11) is 1.76. The van der Waals surface area contributed by atoms with Gasteiger partial charge in [0.2, 0.25) is 5.95 Å². The van der Waals surface area contributed by atoms with Gasteiger partial charge in [0.25, 0.3) is 5.56 Å². The molecule has 1 atom stereocenters. The quantitative estimate of drug-likeness (QED) is 0.755. The summed E-state index contributed by atoms with van der Waals surface area (Å²) in [6, 6.07) is 12.7. The molecule has 0 bridgehead atoms. The lowest BCUT2D eigenvalue weighted by Crippen LogP contribution is -2.53. The van der Waals surface area contributed by atoms with E-state index in [0.29, 0.717) is 11.6 Å². The number of nitrogens with zero attached hydrogens (tertiary/aromatic N) is 5. The minimum absolute atomic E-state index is 0.0787. The van der Waals surface area contributed by atoms with Gasteiger partial charge in [-0.1, -0.05) is 0 Å². The van der Waals surface area contributed by atoms with Crippen LogP contribution in [-0.2, 0) is 7.05 Å². The molecule has 28 heavy (non-hydrogen) atoms. The van der Waals surface area contributed by atoms with Crippen molar-refractivity contribution in [1.82, 2.24) is 14.5 Å². The van der Waals surface area contributed by atoms with E-state index in [1.807, 2.05) is 24.3 Å². The lowest BCUT2D eigenvalue weighted by Gasteiger charge is -2.42. The van der Waals surface area contributed by atoms with Crippen molar-refractivity contribution in [2.24, 2.45) is 7.05 Å². The highest BCUT2D eigenvalue weighted by Crippen LogP contribution is 2.25. The van der Waals surface area contributed by atoms with E-state index in [9.17, 15) is 9.90 Å². The molecule has 7 heteroatoms. The summed E-state index contributed by atoms with van der Waals surface area (Å²) in [5, 5.41) is 9.50. The molecule has 3 aromatic rings. The number of rotatable bonds is 3. The molecular weight excluding hydrogens is 354 g/mol. The van der Waals surface area contributed by atoms with Gasteiger partial charge in [-0.05, 0) is 43.3 Å². The van der Waals surface area contributed by atoms with Gasteiger partial charge in [-0.25, -0.2) is 4.98 Å². The minimum atomic E-state index is -0.0787. The standard InChI is InChI=1S/C21H23N5O2/c1-15-14-25(17-3-5-18(27)6-4-17)11-12-26(15)21-23-19(13-20(28)24(21)2)16-7-9-22-10-8-16/h3-10,13,15,27H,11-12,14H2,1-2H3. The first kappa shape index (κ1) is 18.0. The Morgan fingerprint density at radius 2 is 1.79 bits per heavy atom. The zero-order valence-corrected chi connectivity index (χ0v) is 16.0. The molecule has 0 saturated carbocycles. The van der Waals surface area contributed by atoms with Crippen LogP contribution in [0, 0.1) is 0 Å². The molecule has 144 valence electrons. The average molecular weight is 377 g/mol. The molecule has 2 aromatic heterocycles. The second kappa shape index (κ2) is 7.34. The van der Waals surface area contributed by atoms with E-state index in [4.69, 9.17) is 4.98 Å². The Morgan fingerprint density at radius 1 is 1.07 bits per heavy atom. The Labute approximate surface area is 163 Å². The van der Waals surface area contributed by atoms with Gasteiger partial charge in [0.1, 0.15) is 5.75 Å². The summed E-state index contributed by atoms with van der Waals surface area (Å²) in [6.07, 6.45) is 3.40. The number of aromatic hydroxyl groups is 1. The summed E-state index contributed by atoms with van der Waals surface area (Å²) >= 11 is 0. The van der Waals surface area contributed by atoms with Crippen LogP contribution >= 0.6 is 0 Å². The van der Waals surface area contributed by atoms with Gasteiger partial charge in [-0.15, -0.1) is 0 Å². The summed E-state index contributed by atoms with van der Waals surface area (Å²) in [4.78, 5) is 25.8.